The highest BCUT2D eigenvalue weighted by molar-refractivity contribution is 7.26. The molecule has 0 atom stereocenters. The average molecular weight is 571 g/mol. The fourth-order valence-electron chi connectivity index (χ4n) is 3.68. The highest BCUT2D eigenvalue weighted by Crippen LogP contribution is 2.45. The quantitative estimate of drug-likeness (QED) is 0.202. The highest BCUT2D eigenvalue weighted by Gasteiger charge is 2.23. The minimum atomic E-state index is -0.201. The molecule has 0 saturated heterocycles. The van der Waals surface area contributed by atoms with Gasteiger partial charge in [-0.25, -0.2) is 9.97 Å². The van der Waals surface area contributed by atoms with Gasteiger partial charge in [0.2, 0.25) is 0 Å². The minimum absolute atomic E-state index is 0.201. The summed E-state index contributed by atoms with van der Waals surface area (Å²) in [6.45, 7) is 0. The Morgan fingerprint density at radius 3 is 1.34 bits per heavy atom. The van der Waals surface area contributed by atoms with Crippen LogP contribution in [0.4, 0.5) is 10.0 Å². The van der Waals surface area contributed by atoms with Crippen molar-refractivity contribution in [2.24, 2.45) is 0 Å². The monoisotopic (exact) mass is 570 g/mol. The summed E-state index contributed by atoms with van der Waals surface area (Å²) in [5.74, 6) is -0.402. The van der Waals surface area contributed by atoms with E-state index in [0.717, 1.165) is 9.75 Å². The Balaban J connectivity index is 1.38. The minimum Gasteiger partial charge on any atom is -0.312 e. The molecule has 0 fully saturated rings. The van der Waals surface area contributed by atoms with Crippen LogP contribution in [0.5, 0.6) is 0 Å². The van der Waals surface area contributed by atoms with Crippen LogP contribution in [0.3, 0.4) is 0 Å². The maximum absolute atomic E-state index is 13.0. The van der Waals surface area contributed by atoms with Gasteiger partial charge in [-0.3, -0.25) is 9.59 Å². The highest BCUT2D eigenvalue weighted by atomic mass is 32.1. The van der Waals surface area contributed by atoms with Gasteiger partial charge in [-0.05, 0) is 47.2 Å². The molecule has 10 heteroatoms. The van der Waals surface area contributed by atoms with Crippen molar-refractivity contribution in [2.45, 2.75) is 0 Å². The molecule has 2 aromatic carbocycles. The third-order valence-corrected chi connectivity index (χ3v) is 9.31. The summed E-state index contributed by atoms with van der Waals surface area (Å²) in [7, 11) is 0. The molecule has 186 valence electrons. The lowest BCUT2D eigenvalue weighted by Gasteiger charge is -2.04. The Morgan fingerprint density at radius 2 is 0.974 bits per heavy atom. The van der Waals surface area contributed by atoms with Crippen molar-refractivity contribution in [1.82, 2.24) is 9.97 Å². The average Bonchev–Trinajstić information content (AvgIpc) is 3.76. The number of benzene rings is 2. The molecule has 2 N–H and O–H groups in total. The number of rotatable bonds is 7. The number of amides is 2. The number of aromatic nitrogens is 2. The van der Waals surface area contributed by atoms with Crippen molar-refractivity contribution in [2.75, 3.05) is 10.6 Å². The second-order valence-electron chi connectivity index (χ2n) is 7.99. The van der Waals surface area contributed by atoms with Crippen molar-refractivity contribution in [3.63, 3.8) is 0 Å². The summed E-state index contributed by atoms with van der Waals surface area (Å²) in [6, 6.07) is 26.1. The summed E-state index contributed by atoms with van der Waals surface area (Å²) in [6.07, 6.45) is 0. The molecule has 0 bridgehead atoms. The van der Waals surface area contributed by atoms with Crippen molar-refractivity contribution in [1.29, 1.82) is 0 Å². The topological polar surface area (TPSA) is 84.0 Å². The maximum atomic E-state index is 13.0. The third-order valence-electron chi connectivity index (χ3n) is 5.47. The first-order valence-electron chi connectivity index (χ1n) is 11.5. The van der Waals surface area contributed by atoms with Crippen LogP contribution in [-0.4, -0.2) is 21.8 Å². The lowest BCUT2D eigenvalue weighted by molar-refractivity contribution is 0.101. The van der Waals surface area contributed by atoms with Gasteiger partial charge in [0.05, 0.1) is 9.75 Å². The van der Waals surface area contributed by atoms with Gasteiger partial charge in [0, 0.05) is 11.1 Å². The summed E-state index contributed by atoms with van der Waals surface area (Å²) >= 11 is 5.85. The van der Waals surface area contributed by atoms with Gasteiger partial charge in [0.25, 0.3) is 11.8 Å². The Hall–Kier alpha value is -3.96. The Bertz CT molecular complexity index is 1560. The van der Waals surface area contributed by atoms with E-state index in [0.29, 0.717) is 42.5 Å². The molecule has 6 aromatic rings. The molecular formula is C28H18N4O2S4. The zero-order chi connectivity index (χ0) is 25.9. The van der Waals surface area contributed by atoms with Gasteiger partial charge in [-0.15, -0.1) is 22.7 Å². The smallest absolute Gasteiger partial charge is 0.256 e. The maximum Gasteiger partial charge on any atom is 0.256 e. The fourth-order valence-corrected chi connectivity index (χ4v) is 7.22. The number of nitrogens with zero attached hydrogens (tertiary/aromatic N) is 2. The van der Waals surface area contributed by atoms with E-state index in [9.17, 15) is 9.59 Å². The summed E-state index contributed by atoms with van der Waals surface area (Å²) in [4.78, 5) is 37.6. The largest absolute Gasteiger partial charge is 0.312 e. The molecule has 4 aromatic heterocycles. The zero-order valence-electron chi connectivity index (χ0n) is 19.6. The van der Waals surface area contributed by atoms with E-state index in [1.54, 1.807) is 46.9 Å². The van der Waals surface area contributed by atoms with E-state index in [4.69, 9.17) is 9.97 Å². The first-order chi connectivity index (χ1) is 18.7. The first-order valence-corrected chi connectivity index (χ1v) is 14.9. The van der Waals surface area contributed by atoms with E-state index in [1.165, 1.54) is 22.7 Å². The van der Waals surface area contributed by atoms with Crippen molar-refractivity contribution >= 4 is 67.2 Å². The summed E-state index contributed by atoms with van der Waals surface area (Å²) in [5.41, 5.74) is 2.54. The second kappa shape index (κ2) is 10.8. The van der Waals surface area contributed by atoms with Crippen molar-refractivity contribution in [3.05, 3.63) is 107 Å². The third kappa shape index (κ3) is 5.07. The fraction of sp³-hybridized carbons (Fsp3) is 0. The van der Waals surface area contributed by atoms with Crippen LogP contribution >= 0.6 is 45.3 Å². The first kappa shape index (κ1) is 24.4. The van der Waals surface area contributed by atoms with Crippen molar-refractivity contribution < 1.29 is 9.59 Å². The predicted octanol–water partition coefficient (Wildman–Crippen LogP) is 8.23. The van der Waals surface area contributed by atoms with E-state index in [-0.39, 0.29) is 11.8 Å². The molecule has 0 saturated carbocycles. The SMILES string of the molecule is O=C(Nc1sc(-c2nc(-c3cccs3)c(NC(=O)c3ccccc3)s2)nc1-c1cccs1)c1ccccc1. The molecule has 0 spiro atoms. The Labute approximate surface area is 234 Å². The molecule has 2 amide bonds. The molecule has 0 aliphatic rings. The number of anilines is 2. The van der Waals surface area contributed by atoms with Crippen LogP contribution in [0.1, 0.15) is 20.7 Å². The number of hydrogen-bond acceptors (Lipinski definition) is 8. The van der Waals surface area contributed by atoms with E-state index in [2.05, 4.69) is 10.6 Å². The zero-order valence-corrected chi connectivity index (χ0v) is 22.8. The van der Waals surface area contributed by atoms with E-state index < -0.39 is 0 Å². The van der Waals surface area contributed by atoms with Gasteiger partial charge >= 0.3 is 0 Å². The Kier molecular flexibility index (Phi) is 6.93. The lowest BCUT2D eigenvalue weighted by Crippen LogP contribution is -2.11. The van der Waals surface area contributed by atoms with Crippen LogP contribution in [0.25, 0.3) is 31.2 Å². The molecule has 0 unspecified atom stereocenters. The predicted molar refractivity (Wildman–Crippen MR) is 159 cm³/mol. The number of thiazole rings is 2. The molecular weight excluding hydrogens is 553 g/mol. The van der Waals surface area contributed by atoms with Crippen LogP contribution in [0, 0.1) is 0 Å². The number of nitrogens with one attached hydrogen (secondary N) is 2. The standard InChI is InChI=1S/C28H18N4O2S4/c33-23(17-9-3-1-4-10-17)31-25-21(19-13-7-15-35-19)29-27(37-25)28-30-22(20-14-8-16-36-20)26(38-28)32-24(34)18-11-5-2-6-12-18/h1-16H,(H,31,33)(H,32,34). The molecule has 38 heavy (non-hydrogen) atoms. The number of carbonyl (C=O) groups is 2. The van der Waals surface area contributed by atoms with Gasteiger partial charge < -0.3 is 10.6 Å². The van der Waals surface area contributed by atoms with Crippen molar-refractivity contribution in [3.8, 4) is 31.2 Å². The van der Waals surface area contributed by atoms with Gasteiger partial charge in [-0.1, -0.05) is 71.2 Å². The van der Waals surface area contributed by atoms with Gasteiger partial charge in [0.1, 0.15) is 21.4 Å². The number of hydrogen-bond donors (Lipinski definition) is 2. The van der Waals surface area contributed by atoms with E-state index >= 15 is 0 Å². The van der Waals surface area contributed by atoms with Crippen LogP contribution in [-0.2, 0) is 0 Å². The Morgan fingerprint density at radius 1 is 0.553 bits per heavy atom. The van der Waals surface area contributed by atoms with Gasteiger partial charge in [-0.2, -0.15) is 0 Å². The molecule has 0 aliphatic carbocycles. The molecule has 6 rings (SSSR count). The van der Waals surface area contributed by atoms with Crippen LogP contribution in [0.15, 0.2) is 95.7 Å². The van der Waals surface area contributed by atoms with Crippen LogP contribution < -0.4 is 10.6 Å². The summed E-state index contributed by atoms with van der Waals surface area (Å²) < 4.78 is 0. The van der Waals surface area contributed by atoms with E-state index in [1.807, 2.05) is 71.4 Å². The summed E-state index contributed by atoms with van der Waals surface area (Å²) in [5, 5.41) is 12.7. The second-order valence-corrected chi connectivity index (χ2v) is 11.9. The number of thiophene rings is 2. The lowest BCUT2D eigenvalue weighted by atomic mass is 10.2. The molecule has 0 radical (unpaired) electrons. The van der Waals surface area contributed by atoms with Crippen LogP contribution in [0.2, 0.25) is 0 Å². The normalized spacial score (nSPS) is 10.8. The molecule has 0 aliphatic heterocycles. The number of carbonyl (C=O) groups excluding carboxylic acids is 2. The molecule has 6 nitrogen and oxygen atoms in total. The molecule has 4 heterocycles. The van der Waals surface area contributed by atoms with Gasteiger partial charge in [0.15, 0.2) is 10.0 Å².